The number of benzene rings is 1. The van der Waals surface area contributed by atoms with Crippen molar-refractivity contribution in [3.8, 4) is 11.3 Å². The van der Waals surface area contributed by atoms with Crippen LogP contribution in [0.15, 0.2) is 30.6 Å². The molecule has 0 unspecified atom stereocenters. The maximum atomic E-state index is 11.0. The fourth-order valence-electron chi connectivity index (χ4n) is 1.77. The second-order valence-corrected chi connectivity index (χ2v) is 5.53. The molecule has 0 aliphatic carbocycles. The smallest absolute Gasteiger partial charge is 0.223 e. The SMILES string of the molecule is CC(=O)Nc1nc2ccc(-c3cncc(Cl)n3)cc2s1. The normalized spacial score (nSPS) is 10.7. The van der Waals surface area contributed by atoms with Gasteiger partial charge >= 0.3 is 0 Å². The van der Waals surface area contributed by atoms with Crippen molar-refractivity contribution in [2.45, 2.75) is 6.92 Å². The van der Waals surface area contributed by atoms with E-state index in [0.29, 0.717) is 16.0 Å². The van der Waals surface area contributed by atoms with Gasteiger partial charge in [-0.15, -0.1) is 0 Å². The first-order chi connectivity index (χ1) is 9.61. The van der Waals surface area contributed by atoms with Gasteiger partial charge in [-0.2, -0.15) is 0 Å². The molecule has 2 heterocycles. The molecule has 0 saturated heterocycles. The third-order valence-corrected chi connectivity index (χ3v) is 3.69. The monoisotopic (exact) mass is 304 g/mol. The lowest BCUT2D eigenvalue weighted by Crippen LogP contribution is -2.04. The first-order valence-electron chi connectivity index (χ1n) is 5.78. The van der Waals surface area contributed by atoms with E-state index in [4.69, 9.17) is 11.6 Å². The van der Waals surface area contributed by atoms with Gasteiger partial charge in [0.25, 0.3) is 0 Å². The van der Waals surface area contributed by atoms with E-state index < -0.39 is 0 Å². The number of rotatable bonds is 2. The zero-order valence-electron chi connectivity index (χ0n) is 10.4. The summed E-state index contributed by atoms with van der Waals surface area (Å²) in [6.45, 7) is 1.46. The molecule has 1 amide bonds. The van der Waals surface area contributed by atoms with Gasteiger partial charge in [-0.05, 0) is 12.1 Å². The van der Waals surface area contributed by atoms with E-state index in [-0.39, 0.29) is 5.91 Å². The van der Waals surface area contributed by atoms with Crippen LogP contribution in [0.1, 0.15) is 6.92 Å². The number of fused-ring (bicyclic) bond motifs is 1. The van der Waals surface area contributed by atoms with E-state index in [1.165, 1.54) is 24.5 Å². The molecule has 0 fully saturated rings. The van der Waals surface area contributed by atoms with E-state index in [9.17, 15) is 4.79 Å². The van der Waals surface area contributed by atoms with Crippen LogP contribution >= 0.6 is 22.9 Å². The molecule has 2 aromatic heterocycles. The molecule has 0 atom stereocenters. The van der Waals surface area contributed by atoms with Crippen LogP contribution in [-0.4, -0.2) is 20.9 Å². The summed E-state index contributed by atoms with van der Waals surface area (Å²) in [5, 5.41) is 3.62. The van der Waals surface area contributed by atoms with Gasteiger partial charge in [0, 0.05) is 12.5 Å². The Morgan fingerprint density at radius 2 is 2.15 bits per heavy atom. The van der Waals surface area contributed by atoms with Crippen molar-refractivity contribution >= 4 is 44.2 Å². The first-order valence-corrected chi connectivity index (χ1v) is 6.97. The summed E-state index contributed by atoms with van der Waals surface area (Å²) in [6.07, 6.45) is 3.15. The van der Waals surface area contributed by atoms with Gasteiger partial charge in [0.05, 0.1) is 28.3 Å². The van der Waals surface area contributed by atoms with Crippen molar-refractivity contribution in [2.75, 3.05) is 5.32 Å². The maximum absolute atomic E-state index is 11.0. The summed E-state index contributed by atoms with van der Waals surface area (Å²) < 4.78 is 0.966. The highest BCUT2D eigenvalue weighted by Crippen LogP contribution is 2.29. The number of carbonyl (C=O) groups excluding carboxylic acids is 1. The zero-order chi connectivity index (χ0) is 14.1. The Balaban J connectivity index is 2.04. The Bertz CT molecular complexity index is 802. The van der Waals surface area contributed by atoms with E-state index in [2.05, 4.69) is 20.3 Å². The van der Waals surface area contributed by atoms with Crippen molar-refractivity contribution in [2.24, 2.45) is 0 Å². The van der Waals surface area contributed by atoms with Gasteiger partial charge in [-0.3, -0.25) is 9.78 Å². The number of carbonyl (C=O) groups is 1. The van der Waals surface area contributed by atoms with Gasteiger partial charge in [-0.25, -0.2) is 9.97 Å². The van der Waals surface area contributed by atoms with Crippen LogP contribution in [0.3, 0.4) is 0 Å². The number of hydrogen-bond donors (Lipinski definition) is 1. The topological polar surface area (TPSA) is 67.8 Å². The Kier molecular flexibility index (Phi) is 3.33. The van der Waals surface area contributed by atoms with E-state index in [1.807, 2.05) is 18.2 Å². The molecule has 0 bridgehead atoms. The Morgan fingerprint density at radius 3 is 2.90 bits per heavy atom. The summed E-state index contributed by atoms with van der Waals surface area (Å²) in [6, 6.07) is 5.74. The molecule has 0 radical (unpaired) electrons. The van der Waals surface area contributed by atoms with Crippen molar-refractivity contribution in [3.63, 3.8) is 0 Å². The third kappa shape index (κ3) is 2.61. The number of aromatic nitrogens is 3. The Morgan fingerprint density at radius 1 is 1.30 bits per heavy atom. The molecule has 0 spiro atoms. The number of thiazole rings is 1. The molecule has 5 nitrogen and oxygen atoms in total. The average molecular weight is 305 g/mol. The van der Waals surface area contributed by atoms with Crippen LogP contribution in [0, 0.1) is 0 Å². The molecule has 3 rings (SSSR count). The molecule has 100 valence electrons. The molecule has 20 heavy (non-hydrogen) atoms. The molecular weight excluding hydrogens is 296 g/mol. The fourth-order valence-corrected chi connectivity index (χ4v) is 2.87. The highest BCUT2D eigenvalue weighted by atomic mass is 35.5. The summed E-state index contributed by atoms with van der Waals surface area (Å²) in [4.78, 5) is 23.6. The first kappa shape index (κ1) is 13.0. The second-order valence-electron chi connectivity index (χ2n) is 4.11. The predicted octanol–water partition coefficient (Wildman–Crippen LogP) is 3.37. The summed E-state index contributed by atoms with van der Waals surface area (Å²) in [5.41, 5.74) is 2.44. The standard InChI is InChI=1S/C13H9ClN4OS/c1-7(19)16-13-18-9-3-2-8(4-11(9)20-13)10-5-15-6-12(14)17-10/h2-6H,1H3,(H,16,18,19). The quantitative estimate of drug-likeness (QED) is 0.788. The molecule has 3 aromatic rings. The van der Waals surface area contributed by atoms with Crippen LogP contribution in [-0.2, 0) is 4.79 Å². The molecule has 1 aromatic carbocycles. The number of amides is 1. The molecule has 7 heteroatoms. The fraction of sp³-hybridized carbons (Fsp3) is 0.0769. The minimum absolute atomic E-state index is 0.134. The summed E-state index contributed by atoms with van der Waals surface area (Å²) >= 11 is 7.26. The van der Waals surface area contributed by atoms with Gasteiger partial charge < -0.3 is 5.32 Å². The van der Waals surface area contributed by atoms with E-state index in [1.54, 1.807) is 6.20 Å². The van der Waals surface area contributed by atoms with Gasteiger partial charge in [0.15, 0.2) is 5.13 Å². The lowest BCUT2D eigenvalue weighted by atomic mass is 10.1. The minimum Gasteiger partial charge on any atom is -0.302 e. The van der Waals surface area contributed by atoms with Gasteiger partial charge in [-0.1, -0.05) is 29.0 Å². The van der Waals surface area contributed by atoms with Gasteiger partial charge in [0.1, 0.15) is 5.15 Å². The van der Waals surface area contributed by atoms with Crippen molar-refractivity contribution in [1.29, 1.82) is 0 Å². The van der Waals surface area contributed by atoms with Crippen molar-refractivity contribution in [1.82, 2.24) is 15.0 Å². The molecule has 0 aliphatic rings. The molecular formula is C13H9ClN4OS. The zero-order valence-corrected chi connectivity index (χ0v) is 12.0. The number of hydrogen-bond acceptors (Lipinski definition) is 5. The number of halogens is 1. The van der Waals surface area contributed by atoms with Crippen LogP contribution in [0.2, 0.25) is 5.15 Å². The summed E-state index contributed by atoms with van der Waals surface area (Å²) in [7, 11) is 0. The van der Waals surface area contributed by atoms with Crippen LogP contribution in [0.5, 0.6) is 0 Å². The van der Waals surface area contributed by atoms with Crippen molar-refractivity contribution < 1.29 is 4.79 Å². The number of nitrogens with one attached hydrogen (secondary N) is 1. The molecule has 0 saturated carbocycles. The highest BCUT2D eigenvalue weighted by molar-refractivity contribution is 7.22. The Labute approximate surface area is 123 Å². The van der Waals surface area contributed by atoms with Crippen LogP contribution in [0.25, 0.3) is 21.5 Å². The second kappa shape index (κ2) is 5.15. The third-order valence-electron chi connectivity index (χ3n) is 2.57. The average Bonchev–Trinajstić information content (AvgIpc) is 2.78. The predicted molar refractivity (Wildman–Crippen MR) is 80.0 cm³/mol. The minimum atomic E-state index is -0.134. The van der Waals surface area contributed by atoms with E-state index >= 15 is 0 Å². The lowest BCUT2D eigenvalue weighted by molar-refractivity contribution is -0.114. The van der Waals surface area contributed by atoms with Crippen LogP contribution in [0.4, 0.5) is 5.13 Å². The number of anilines is 1. The molecule has 0 aliphatic heterocycles. The van der Waals surface area contributed by atoms with Crippen molar-refractivity contribution in [3.05, 3.63) is 35.7 Å². The summed E-state index contributed by atoms with van der Waals surface area (Å²) in [5.74, 6) is -0.134. The maximum Gasteiger partial charge on any atom is 0.223 e. The highest BCUT2D eigenvalue weighted by Gasteiger charge is 2.08. The number of nitrogens with zero attached hydrogens (tertiary/aromatic N) is 3. The largest absolute Gasteiger partial charge is 0.302 e. The van der Waals surface area contributed by atoms with E-state index in [0.717, 1.165) is 15.8 Å². The molecule has 1 N–H and O–H groups in total. The van der Waals surface area contributed by atoms with Gasteiger partial charge in [0.2, 0.25) is 5.91 Å². The Hall–Kier alpha value is -2.05. The van der Waals surface area contributed by atoms with Crippen LogP contribution < -0.4 is 5.32 Å². The lowest BCUT2D eigenvalue weighted by Gasteiger charge is -2.00.